The van der Waals surface area contributed by atoms with E-state index >= 15 is 0 Å². The molecule has 0 amide bonds. The van der Waals surface area contributed by atoms with Crippen LogP contribution < -0.4 is 5.32 Å². The zero-order valence-corrected chi connectivity index (χ0v) is 10.1. The number of pyridine rings is 1. The van der Waals surface area contributed by atoms with Gasteiger partial charge in [0, 0.05) is 12.7 Å². The van der Waals surface area contributed by atoms with Crippen LogP contribution in [0, 0.1) is 10.1 Å². The first-order valence-corrected chi connectivity index (χ1v) is 5.63. The summed E-state index contributed by atoms with van der Waals surface area (Å²) in [5, 5.41) is 13.9. The zero-order valence-electron chi connectivity index (χ0n) is 9.34. The lowest BCUT2D eigenvalue weighted by molar-refractivity contribution is -0.384. The van der Waals surface area contributed by atoms with Crippen molar-refractivity contribution in [3.05, 3.63) is 63.3 Å². The second kappa shape index (κ2) is 5.46. The Bertz CT molecular complexity index is 561. The molecule has 0 radical (unpaired) electrons. The largest absolute Gasteiger partial charge is 0.360 e. The second-order valence-electron chi connectivity index (χ2n) is 3.59. The lowest BCUT2D eigenvalue weighted by Crippen LogP contribution is -2.04. The number of nitrogens with one attached hydrogen (secondary N) is 1. The number of nitrogens with zero attached hydrogens (tertiary/aromatic N) is 2. The zero-order chi connectivity index (χ0) is 13.0. The molecule has 1 N–H and O–H groups in total. The molecule has 0 aliphatic rings. The van der Waals surface area contributed by atoms with Gasteiger partial charge in [-0.2, -0.15) is 0 Å². The van der Waals surface area contributed by atoms with Crippen LogP contribution in [0.15, 0.2) is 42.6 Å². The van der Waals surface area contributed by atoms with Gasteiger partial charge >= 0.3 is 5.69 Å². The van der Waals surface area contributed by atoms with Gasteiger partial charge in [-0.05, 0) is 11.6 Å². The third-order valence-corrected chi connectivity index (χ3v) is 2.67. The van der Waals surface area contributed by atoms with E-state index < -0.39 is 4.92 Å². The number of nitro groups is 1. The highest BCUT2D eigenvalue weighted by Crippen LogP contribution is 2.30. The molecule has 0 atom stereocenters. The summed E-state index contributed by atoms with van der Waals surface area (Å²) >= 11 is 5.78. The van der Waals surface area contributed by atoms with Crippen LogP contribution in [0.5, 0.6) is 0 Å². The molecule has 0 saturated carbocycles. The number of hydrogen-bond acceptors (Lipinski definition) is 4. The van der Waals surface area contributed by atoms with Gasteiger partial charge in [0.15, 0.2) is 0 Å². The van der Waals surface area contributed by atoms with Gasteiger partial charge in [0.1, 0.15) is 5.02 Å². The Morgan fingerprint density at radius 2 is 2.00 bits per heavy atom. The summed E-state index contributed by atoms with van der Waals surface area (Å²) in [5.41, 5.74) is 0.809. The second-order valence-corrected chi connectivity index (χ2v) is 3.99. The molecule has 2 aromatic rings. The molecular weight excluding hydrogens is 254 g/mol. The van der Waals surface area contributed by atoms with E-state index in [0.29, 0.717) is 6.54 Å². The van der Waals surface area contributed by atoms with Crippen molar-refractivity contribution < 1.29 is 4.92 Å². The van der Waals surface area contributed by atoms with Crippen molar-refractivity contribution >= 4 is 23.1 Å². The first kappa shape index (κ1) is 12.3. The fourth-order valence-corrected chi connectivity index (χ4v) is 1.73. The SMILES string of the molecule is O=[N+]([O-])c1c(Cl)ccnc1NCc1ccccc1. The summed E-state index contributed by atoms with van der Waals surface area (Å²) in [6.07, 6.45) is 1.43. The minimum Gasteiger partial charge on any atom is -0.360 e. The van der Waals surface area contributed by atoms with Gasteiger partial charge in [-0.15, -0.1) is 0 Å². The van der Waals surface area contributed by atoms with Gasteiger partial charge < -0.3 is 5.32 Å². The van der Waals surface area contributed by atoms with Crippen molar-refractivity contribution in [2.24, 2.45) is 0 Å². The molecular formula is C12H10ClN3O2. The van der Waals surface area contributed by atoms with Crippen molar-refractivity contribution in [1.29, 1.82) is 0 Å². The van der Waals surface area contributed by atoms with Gasteiger partial charge in [-0.25, -0.2) is 4.98 Å². The molecule has 1 aromatic heterocycles. The summed E-state index contributed by atoms with van der Waals surface area (Å²) in [4.78, 5) is 14.3. The summed E-state index contributed by atoms with van der Waals surface area (Å²) in [5.74, 6) is 0.177. The van der Waals surface area contributed by atoms with Crippen LogP contribution in [-0.4, -0.2) is 9.91 Å². The molecule has 18 heavy (non-hydrogen) atoms. The number of aromatic nitrogens is 1. The molecule has 0 saturated heterocycles. The Hall–Kier alpha value is -2.14. The van der Waals surface area contributed by atoms with Gasteiger partial charge in [0.2, 0.25) is 5.82 Å². The molecule has 0 bridgehead atoms. The summed E-state index contributed by atoms with van der Waals surface area (Å²) in [6.45, 7) is 0.453. The molecule has 0 fully saturated rings. The minimum absolute atomic E-state index is 0.0746. The summed E-state index contributed by atoms with van der Waals surface area (Å²) in [7, 11) is 0. The smallest absolute Gasteiger partial charge is 0.329 e. The van der Waals surface area contributed by atoms with E-state index in [1.807, 2.05) is 30.3 Å². The van der Waals surface area contributed by atoms with Gasteiger partial charge in [-0.3, -0.25) is 10.1 Å². The predicted octanol–water partition coefficient (Wildman–Crippen LogP) is 3.26. The van der Waals surface area contributed by atoms with Gasteiger partial charge in [-0.1, -0.05) is 41.9 Å². The first-order chi connectivity index (χ1) is 8.68. The third kappa shape index (κ3) is 2.75. The highest BCUT2D eigenvalue weighted by molar-refractivity contribution is 6.33. The normalized spacial score (nSPS) is 10.1. The Balaban J connectivity index is 2.20. The predicted molar refractivity (Wildman–Crippen MR) is 69.7 cm³/mol. The van der Waals surface area contributed by atoms with E-state index in [1.165, 1.54) is 12.3 Å². The fourth-order valence-electron chi connectivity index (χ4n) is 1.52. The fraction of sp³-hybridized carbons (Fsp3) is 0.0833. The van der Waals surface area contributed by atoms with E-state index in [0.717, 1.165) is 5.56 Å². The van der Waals surface area contributed by atoms with Crippen molar-refractivity contribution in [2.75, 3.05) is 5.32 Å². The highest BCUT2D eigenvalue weighted by Gasteiger charge is 2.19. The van der Waals surface area contributed by atoms with Crippen molar-refractivity contribution in [3.63, 3.8) is 0 Å². The Labute approximate surface area is 109 Å². The van der Waals surface area contributed by atoms with Crippen LogP contribution in [0.3, 0.4) is 0 Å². The number of benzene rings is 1. The van der Waals surface area contributed by atoms with Crippen molar-refractivity contribution in [2.45, 2.75) is 6.54 Å². The molecule has 5 nitrogen and oxygen atoms in total. The molecule has 92 valence electrons. The van der Waals surface area contributed by atoms with E-state index in [4.69, 9.17) is 11.6 Å². The average molecular weight is 264 g/mol. The lowest BCUT2D eigenvalue weighted by atomic mass is 10.2. The standard InChI is InChI=1S/C12H10ClN3O2/c13-10-6-7-14-12(11(10)16(17)18)15-8-9-4-2-1-3-5-9/h1-7H,8H2,(H,14,15). The molecule has 6 heteroatoms. The van der Waals surface area contributed by atoms with E-state index in [9.17, 15) is 10.1 Å². The maximum atomic E-state index is 10.9. The molecule has 0 aliphatic carbocycles. The van der Waals surface area contributed by atoms with E-state index in [1.54, 1.807) is 0 Å². The van der Waals surface area contributed by atoms with Crippen LogP contribution in [0.4, 0.5) is 11.5 Å². The number of halogens is 1. The summed E-state index contributed by atoms with van der Waals surface area (Å²) in [6, 6.07) is 10.9. The van der Waals surface area contributed by atoms with Crippen LogP contribution >= 0.6 is 11.6 Å². The van der Waals surface area contributed by atoms with E-state index in [-0.39, 0.29) is 16.5 Å². The molecule has 0 aliphatic heterocycles. The Morgan fingerprint density at radius 1 is 1.28 bits per heavy atom. The van der Waals surface area contributed by atoms with Crippen molar-refractivity contribution in [3.8, 4) is 0 Å². The topological polar surface area (TPSA) is 68.1 Å². The van der Waals surface area contributed by atoms with Crippen LogP contribution in [0.25, 0.3) is 0 Å². The minimum atomic E-state index is -0.539. The maximum Gasteiger partial charge on any atom is 0.329 e. The quantitative estimate of drug-likeness (QED) is 0.679. The first-order valence-electron chi connectivity index (χ1n) is 5.25. The summed E-state index contributed by atoms with van der Waals surface area (Å²) < 4.78 is 0. The van der Waals surface area contributed by atoms with Gasteiger partial charge in [0.05, 0.1) is 4.92 Å². The lowest BCUT2D eigenvalue weighted by Gasteiger charge is -2.06. The maximum absolute atomic E-state index is 10.9. The monoisotopic (exact) mass is 263 g/mol. The number of hydrogen-bond donors (Lipinski definition) is 1. The molecule has 2 rings (SSSR count). The van der Waals surface area contributed by atoms with E-state index in [2.05, 4.69) is 10.3 Å². The van der Waals surface area contributed by atoms with Crippen LogP contribution in [0.1, 0.15) is 5.56 Å². The van der Waals surface area contributed by atoms with Gasteiger partial charge in [0.25, 0.3) is 0 Å². The molecule has 0 unspecified atom stereocenters. The van der Waals surface area contributed by atoms with Crippen molar-refractivity contribution in [1.82, 2.24) is 4.98 Å². The Kier molecular flexibility index (Phi) is 3.74. The number of rotatable bonds is 4. The van der Waals surface area contributed by atoms with Crippen LogP contribution in [0.2, 0.25) is 5.02 Å². The highest BCUT2D eigenvalue weighted by atomic mass is 35.5. The average Bonchev–Trinajstić information content (AvgIpc) is 2.37. The molecule has 1 aromatic carbocycles. The molecule has 1 heterocycles. The molecule has 0 spiro atoms. The third-order valence-electron chi connectivity index (χ3n) is 2.36. The van der Waals surface area contributed by atoms with Crippen LogP contribution in [-0.2, 0) is 6.54 Å². The Morgan fingerprint density at radius 3 is 2.67 bits per heavy atom. The number of anilines is 1.